The molecular weight excluding hydrogens is 564 g/mol. The zero-order valence-electron chi connectivity index (χ0n) is 24.5. The van der Waals surface area contributed by atoms with E-state index in [9.17, 15) is 30.0 Å². The van der Waals surface area contributed by atoms with E-state index in [0.29, 0.717) is 29.6 Å². The Morgan fingerprint density at radius 3 is 2.63 bits per heavy atom. The average molecular weight is 607 g/mol. The number of hydrogen-bond donors (Lipinski definition) is 6. The molecule has 2 saturated heterocycles. The molecule has 1 aromatic carbocycles. The van der Waals surface area contributed by atoms with Gasteiger partial charge in [-0.05, 0) is 44.9 Å². The molecule has 1 aromatic heterocycles. The first-order chi connectivity index (χ1) is 20.7. The van der Waals surface area contributed by atoms with Crippen molar-refractivity contribution in [3.8, 4) is 11.5 Å². The predicted octanol–water partition coefficient (Wildman–Crippen LogP) is 0.479. The van der Waals surface area contributed by atoms with Gasteiger partial charge in [-0.15, -0.1) is 0 Å². The second kappa shape index (κ2) is 13.4. The van der Waals surface area contributed by atoms with Gasteiger partial charge in [-0.1, -0.05) is 12.8 Å². The number of amides is 1. The van der Waals surface area contributed by atoms with E-state index in [1.165, 1.54) is 0 Å². The highest BCUT2D eigenvalue weighted by atomic mass is 16.7. The van der Waals surface area contributed by atoms with Gasteiger partial charge in [0.05, 0.1) is 24.9 Å². The Morgan fingerprint density at radius 1 is 1.16 bits per heavy atom. The summed E-state index contributed by atoms with van der Waals surface area (Å²) < 4.78 is 29.3. The second-order valence-corrected chi connectivity index (χ2v) is 11.5. The van der Waals surface area contributed by atoms with E-state index in [-0.39, 0.29) is 49.4 Å². The molecule has 1 amide bonds. The number of likely N-dealkylation sites (N-methyl/N-ethyl adjacent to an activating group) is 1. The largest absolute Gasteiger partial charge is 0.485 e. The summed E-state index contributed by atoms with van der Waals surface area (Å²) in [6.07, 6.45) is -2.21. The molecule has 13 heteroatoms. The summed E-state index contributed by atoms with van der Waals surface area (Å²) >= 11 is 0. The number of fused-ring (bicyclic) bond motifs is 1. The number of carbonyl (C=O) groups is 2. The van der Waals surface area contributed by atoms with Crippen molar-refractivity contribution in [1.82, 2.24) is 10.6 Å². The highest BCUT2D eigenvalue weighted by Crippen LogP contribution is 2.54. The lowest BCUT2D eigenvalue weighted by Crippen LogP contribution is -2.60. The Labute approximate surface area is 249 Å². The molecule has 1 spiro atoms. The molecule has 3 heterocycles. The first-order valence-corrected chi connectivity index (χ1v) is 15.0. The van der Waals surface area contributed by atoms with E-state index in [0.717, 1.165) is 31.2 Å². The molecule has 13 nitrogen and oxygen atoms in total. The van der Waals surface area contributed by atoms with E-state index >= 15 is 0 Å². The summed E-state index contributed by atoms with van der Waals surface area (Å²) in [6.45, 7) is 2.49. The lowest BCUT2D eigenvalue weighted by Gasteiger charge is -2.39. The fourth-order valence-electron chi connectivity index (χ4n) is 6.63. The van der Waals surface area contributed by atoms with Gasteiger partial charge >= 0.3 is 5.97 Å². The molecule has 0 radical (unpaired) electrons. The van der Waals surface area contributed by atoms with Crippen LogP contribution < -0.4 is 20.1 Å². The van der Waals surface area contributed by atoms with Gasteiger partial charge in [0.2, 0.25) is 17.9 Å². The lowest BCUT2D eigenvalue weighted by atomic mass is 9.72. The molecule has 2 aromatic rings. The zero-order chi connectivity index (χ0) is 30.7. The quantitative estimate of drug-likeness (QED) is 0.145. The minimum Gasteiger partial charge on any atom is -0.485 e. The van der Waals surface area contributed by atoms with Crippen molar-refractivity contribution in [2.45, 2.75) is 82.1 Å². The summed E-state index contributed by atoms with van der Waals surface area (Å²) in [6, 6.07) is 1.84. The van der Waals surface area contributed by atoms with E-state index in [2.05, 4.69) is 10.6 Å². The summed E-state index contributed by atoms with van der Waals surface area (Å²) in [5, 5.41) is 47.9. The molecule has 238 valence electrons. The molecule has 3 aliphatic rings. The third-order valence-corrected chi connectivity index (χ3v) is 8.92. The smallest absolute Gasteiger partial charge is 0.306 e. The predicted molar refractivity (Wildman–Crippen MR) is 152 cm³/mol. The normalized spacial score (nSPS) is 28.4. The van der Waals surface area contributed by atoms with Gasteiger partial charge in [0.25, 0.3) is 0 Å². The van der Waals surface area contributed by atoms with Crippen LogP contribution in [0.4, 0.5) is 0 Å². The fraction of sp³-hybridized carbons (Fsp3) is 0.667. The number of aryl methyl sites for hydroxylation is 1. The van der Waals surface area contributed by atoms with Crippen LogP contribution in [0.1, 0.15) is 56.1 Å². The molecule has 1 aliphatic carbocycles. The van der Waals surface area contributed by atoms with Crippen LogP contribution >= 0.6 is 0 Å². The van der Waals surface area contributed by atoms with E-state index < -0.39 is 48.7 Å². The molecule has 6 N–H and O–H groups in total. The second-order valence-electron chi connectivity index (χ2n) is 11.5. The number of rotatable bonds is 12. The van der Waals surface area contributed by atoms with Gasteiger partial charge in [0, 0.05) is 36.4 Å². The maximum Gasteiger partial charge on any atom is 0.306 e. The molecule has 1 saturated carbocycles. The van der Waals surface area contributed by atoms with Crippen molar-refractivity contribution >= 4 is 22.8 Å². The molecule has 2 aliphatic heterocycles. The van der Waals surface area contributed by atoms with Gasteiger partial charge in [0.15, 0.2) is 11.3 Å². The minimum absolute atomic E-state index is 0.0148. The molecule has 0 unspecified atom stereocenters. The first-order valence-electron chi connectivity index (χ1n) is 15.0. The Morgan fingerprint density at radius 2 is 1.93 bits per heavy atom. The van der Waals surface area contributed by atoms with E-state index in [1.54, 1.807) is 20.2 Å². The Hall–Kier alpha value is -2.94. The third kappa shape index (κ3) is 5.94. The van der Waals surface area contributed by atoms with Crippen molar-refractivity contribution in [2.75, 3.05) is 40.0 Å². The number of hydrogen-bond acceptors (Lipinski definition) is 12. The topological polar surface area (TPSA) is 189 Å². The van der Waals surface area contributed by atoms with E-state index in [1.807, 2.05) is 6.07 Å². The number of furan rings is 1. The minimum atomic E-state index is -1.67. The zero-order valence-corrected chi connectivity index (χ0v) is 24.5. The fourth-order valence-corrected chi connectivity index (χ4v) is 6.63. The van der Waals surface area contributed by atoms with Crippen LogP contribution in [0.3, 0.4) is 0 Å². The van der Waals surface area contributed by atoms with Gasteiger partial charge in [-0.25, -0.2) is 0 Å². The molecule has 6 atom stereocenters. The van der Waals surface area contributed by atoms with Crippen molar-refractivity contribution in [3.63, 3.8) is 0 Å². The van der Waals surface area contributed by atoms with Crippen molar-refractivity contribution in [3.05, 3.63) is 23.5 Å². The van der Waals surface area contributed by atoms with Gasteiger partial charge < -0.3 is 54.4 Å². The van der Waals surface area contributed by atoms with Crippen LogP contribution in [0.2, 0.25) is 0 Å². The SMILES string of the molecule is CCOC(=O)CCc1cc2c([C@@H]3CNC(=O)C34CCCC4)coc2c(OCCNC)c1O[C@H]1O[C@H](CO)[C@@H](O)[C@H](O)[C@H]1O. The number of ether oxygens (including phenoxy) is 4. The highest BCUT2D eigenvalue weighted by molar-refractivity contribution is 5.93. The van der Waals surface area contributed by atoms with Crippen molar-refractivity contribution < 1.29 is 53.4 Å². The van der Waals surface area contributed by atoms with Crippen LogP contribution in [0.25, 0.3) is 11.0 Å². The maximum atomic E-state index is 13.1. The first kappa shape index (κ1) is 31.5. The number of aliphatic hydroxyl groups excluding tert-OH is 4. The van der Waals surface area contributed by atoms with Crippen LogP contribution in [-0.2, 0) is 25.5 Å². The summed E-state index contributed by atoms with van der Waals surface area (Å²) in [5.41, 5.74) is 1.22. The van der Waals surface area contributed by atoms with Gasteiger partial charge in [-0.3, -0.25) is 9.59 Å². The molecule has 3 fully saturated rings. The molecule has 0 bridgehead atoms. The highest BCUT2D eigenvalue weighted by Gasteiger charge is 2.53. The standard InChI is InChI=1S/C30H42N2O11/c1-3-39-21(34)7-6-16-12-17-18(19-13-32-29(38)30(19)8-4-5-9-30)15-41-26(17)27(40-11-10-31-2)25(16)43-28-24(37)23(36)22(35)20(14-33)42-28/h12,15,19-20,22-24,28,31,33,35-37H,3-11,13-14H2,1-2H3,(H,32,38)/t19-,20+,22+,23-,24+,28+/m0/s1. The summed E-state index contributed by atoms with van der Waals surface area (Å²) in [7, 11) is 1.77. The van der Waals surface area contributed by atoms with Crippen LogP contribution in [-0.4, -0.2) is 103 Å². The average Bonchev–Trinajstić information content (AvgIpc) is 3.73. The Kier molecular flexibility index (Phi) is 9.79. The van der Waals surface area contributed by atoms with E-state index in [4.69, 9.17) is 23.4 Å². The lowest BCUT2D eigenvalue weighted by molar-refractivity contribution is -0.277. The van der Waals surface area contributed by atoms with Crippen molar-refractivity contribution in [1.29, 1.82) is 0 Å². The number of aliphatic hydroxyl groups is 4. The summed E-state index contributed by atoms with van der Waals surface area (Å²) in [5.74, 6) is -0.159. The molecule has 5 rings (SSSR count). The molecule has 43 heavy (non-hydrogen) atoms. The van der Waals surface area contributed by atoms with Gasteiger partial charge in [-0.2, -0.15) is 0 Å². The maximum absolute atomic E-state index is 13.1. The van der Waals surface area contributed by atoms with Gasteiger partial charge in [0.1, 0.15) is 31.0 Å². The summed E-state index contributed by atoms with van der Waals surface area (Å²) in [4.78, 5) is 25.5. The van der Waals surface area contributed by atoms with Crippen LogP contribution in [0.15, 0.2) is 16.7 Å². The number of benzene rings is 1. The van der Waals surface area contributed by atoms with Crippen molar-refractivity contribution in [2.24, 2.45) is 5.41 Å². The number of nitrogens with one attached hydrogen (secondary N) is 2. The van der Waals surface area contributed by atoms with Crippen LogP contribution in [0, 0.1) is 5.41 Å². The Balaban J connectivity index is 1.61. The van der Waals surface area contributed by atoms with Crippen LogP contribution in [0.5, 0.6) is 11.5 Å². The third-order valence-electron chi connectivity index (χ3n) is 8.92. The molecular formula is C30H42N2O11. The monoisotopic (exact) mass is 606 g/mol. The number of esters is 1. The Bertz CT molecular complexity index is 1290. The number of carbonyl (C=O) groups excluding carboxylic acids is 2.